The van der Waals surface area contributed by atoms with Crippen molar-refractivity contribution in [2.24, 2.45) is 0 Å². The van der Waals surface area contributed by atoms with Gasteiger partial charge in [-0.2, -0.15) is 0 Å². The van der Waals surface area contributed by atoms with E-state index in [2.05, 4.69) is 62.1 Å². The fourth-order valence-corrected chi connectivity index (χ4v) is 3.63. The Morgan fingerprint density at radius 2 is 1.36 bits per heavy atom. The van der Waals surface area contributed by atoms with Gasteiger partial charge in [-0.15, -0.1) is 0 Å². The maximum atomic E-state index is 4.83. The van der Waals surface area contributed by atoms with Crippen LogP contribution < -0.4 is 4.90 Å². The topological polar surface area (TPSA) is 29.0 Å². The molecule has 1 aromatic carbocycles. The van der Waals surface area contributed by atoms with E-state index in [0.717, 1.165) is 36.6 Å². The van der Waals surface area contributed by atoms with Gasteiger partial charge in [0.05, 0.1) is 5.69 Å². The summed E-state index contributed by atoms with van der Waals surface area (Å²) in [5, 5.41) is 0. The number of aryl methyl sites for hydroxylation is 5. The molecule has 0 amide bonds. The minimum absolute atomic E-state index is 1.01. The molecule has 3 aromatic rings. The zero-order valence-corrected chi connectivity index (χ0v) is 15.1. The van der Waals surface area contributed by atoms with Crippen LogP contribution in [-0.2, 0) is 12.8 Å². The molecule has 0 unspecified atom stereocenters. The third-order valence-corrected chi connectivity index (χ3v) is 4.83. The highest BCUT2D eigenvalue weighted by molar-refractivity contribution is 5.78. The Kier molecular flexibility index (Phi) is 4.00. The van der Waals surface area contributed by atoms with E-state index in [1.807, 2.05) is 12.4 Å². The molecule has 0 saturated carbocycles. The molecule has 25 heavy (non-hydrogen) atoms. The number of nitrogens with zero attached hydrogens (tertiary/aromatic N) is 3. The maximum Gasteiger partial charge on any atom is 0.141 e. The first-order valence-corrected chi connectivity index (χ1v) is 8.90. The van der Waals surface area contributed by atoms with E-state index >= 15 is 0 Å². The molecule has 1 aliphatic heterocycles. The molecule has 0 fully saturated rings. The van der Waals surface area contributed by atoms with E-state index in [1.54, 1.807) is 0 Å². The highest BCUT2D eigenvalue weighted by atomic mass is 15.2. The lowest BCUT2D eigenvalue weighted by Crippen LogP contribution is -2.20. The zero-order valence-electron chi connectivity index (χ0n) is 15.1. The van der Waals surface area contributed by atoms with Gasteiger partial charge in [0.2, 0.25) is 0 Å². The average Bonchev–Trinajstić information content (AvgIpc) is 2.58. The molecule has 0 saturated heterocycles. The van der Waals surface area contributed by atoms with Gasteiger partial charge in [-0.05, 0) is 73.9 Å². The summed E-state index contributed by atoms with van der Waals surface area (Å²) in [6, 6.07) is 13.0. The van der Waals surface area contributed by atoms with E-state index in [1.165, 1.54) is 27.8 Å². The fraction of sp³-hybridized carbons (Fsp3) is 0.273. The highest BCUT2D eigenvalue weighted by Gasteiger charge is 2.24. The first kappa shape index (κ1) is 15.8. The Bertz CT molecular complexity index is 877. The van der Waals surface area contributed by atoms with Crippen LogP contribution >= 0.6 is 0 Å². The lowest BCUT2D eigenvalue weighted by Gasteiger charge is -2.30. The Hall–Kier alpha value is -2.68. The number of aromatic nitrogens is 2. The second-order valence-electron chi connectivity index (χ2n) is 6.97. The van der Waals surface area contributed by atoms with Gasteiger partial charge in [0, 0.05) is 12.4 Å². The molecule has 2 aromatic heterocycles. The van der Waals surface area contributed by atoms with Gasteiger partial charge in [-0.25, -0.2) is 9.97 Å². The normalized spacial score (nSPS) is 13.6. The number of pyridine rings is 2. The van der Waals surface area contributed by atoms with Crippen molar-refractivity contribution in [3.05, 3.63) is 76.6 Å². The summed E-state index contributed by atoms with van der Waals surface area (Å²) < 4.78 is 0. The van der Waals surface area contributed by atoms with Crippen LogP contribution in [0.25, 0.3) is 0 Å². The summed E-state index contributed by atoms with van der Waals surface area (Å²) >= 11 is 0. The largest absolute Gasteiger partial charge is 0.278 e. The van der Waals surface area contributed by atoms with E-state index in [9.17, 15) is 0 Å². The standard InChI is InChI=1S/C22H23N3/c1-15-11-18-8-6-9-19-12-16(2)14-24-22(19)25(21(18)23-13-15)20-10-5-4-7-17(20)3/h4-5,7,10-14H,6,8-9H2,1-3H3. The smallest absolute Gasteiger partial charge is 0.141 e. The van der Waals surface area contributed by atoms with Crippen molar-refractivity contribution >= 4 is 17.3 Å². The second kappa shape index (κ2) is 6.32. The summed E-state index contributed by atoms with van der Waals surface area (Å²) in [6.07, 6.45) is 7.12. The van der Waals surface area contributed by atoms with Crippen LogP contribution in [0.2, 0.25) is 0 Å². The van der Waals surface area contributed by atoms with E-state index in [-0.39, 0.29) is 0 Å². The van der Waals surface area contributed by atoms with E-state index in [0.29, 0.717) is 0 Å². The molecule has 0 aliphatic carbocycles. The first-order chi connectivity index (χ1) is 12.1. The summed E-state index contributed by atoms with van der Waals surface area (Å²) in [5.74, 6) is 2.02. The Morgan fingerprint density at radius 1 is 0.800 bits per heavy atom. The predicted octanol–water partition coefficient (Wildman–Crippen LogP) is 5.36. The number of anilines is 3. The molecule has 3 heterocycles. The van der Waals surface area contributed by atoms with Gasteiger partial charge >= 0.3 is 0 Å². The SMILES string of the molecule is Cc1cnc2c(c1)CCCc1cc(C)cnc1N2c1ccccc1C. The van der Waals surface area contributed by atoms with Gasteiger partial charge in [-0.3, -0.25) is 4.90 Å². The zero-order chi connectivity index (χ0) is 17.4. The van der Waals surface area contributed by atoms with Crippen molar-refractivity contribution in [3.63, 3.8) is 0 Å². The number of rotatable bonds is 1. The summed E-state index contributed by atoms with van der Waals surface area (Å²) in [7, 11) is 0. The molecule has 0 N–H and O–H groups in total. The maximum absolute atomic E-state index is 4.83. The third-order valence-electron chi connectivity index (χ3n) is 4.83. The predicted molar refractivity (Wildman–Crippen MR) is 103 cm³/mol. The average molecular weight is 329 g/mol. The number of para-hydroxylation sites is 1. The molecule has 3 heteroatoms. The molecule has 3 nitrogen and oxygen atoms in total. The summed E-state index contributed by atoms with van der Waals surface area (Å²) in [6.45, 7) is 6.37. The molecular formula is C22H23N3. The molecule has 126 valence electrons. The van der Waals surface area contributed by atoms with Crippen molar-refractivity contribution < 1.29 is 0 Å². The van der Waals surface area contributed by atoms with Crippen molar-refractivity contribution in [1.29, 1.82) is 0 Å². The first-order valence-electron chi connectivity index (χ1n) is 8.90. The molecule has 1 aliphatic rings. The third kappa shape index (κ3) is 2.91. The monoisotopic (exact) mass is 329 g/mol. The van der Waals surface area contributed by atoms with Gasteiger partial charge in [0.1, 0.15) is 11.6 Å². The minimum Gasteiger partial charge on any atom is -0.278 e. The molecule has 0 bridgehead atoms. The Morgan fingerprint density at radius 3 is 1.92 bits per heavy atom. The van der Waals surface area contributed by atoms with Crippen LogP contribution in [0.4, 0.5) is 17.3 Å². The fourth-order valence-electron chi connectivity index (χ4n) is 3.63. The van der Waals surface area contributed by atoms with Crippen LogP contribution in [0.1, 0.15) is 34.2 Å². The van der Waals surface area contributed by atoms with Crippen LogP contribution in [0.5, 0.6) is 0 Å². The van der Waals surface area contributed by atoms with Crippen LogP contribution in [0.15, 0.2) is 48.8 Å². The van der Waals surface area contributed by atoms with E-state index in [4.69, 9.17) is 9.97 Å². The summed E-state index contributed by atoms with van der Waals surface area (Å²) in [4.78, 5) is 11.9. The van der Waals surface area contributed by atoms with Gasteiger partial charge < -0.3 is 0 Å². The van der Waals surface area contributed by atoms with Crippen molar-refractivity contribution in [2.45, 2.75) is 40.0 Å². The lowest BCUT2D eigenvalue weighted by molar-refractivity contribution is 0.796. The van der Waals surface area contributed by atoms with E-state index < -0.39 is 0 Å². The summed E-state index contributed by atoms with van der Waals surface area (Å²) in [5.41, 5.74) is 7.40. The number of hydrogen-bond acceptors (Lipinski definition) is 3. The highest BCUT2D eigenvalue weighted by Crippen LogP contribution is 2.40. The Balaban J connectivity index is 2.01. The quantitative estimate of drug-likeness (QED) is 0.602. The number of hydrogen-bond donors (Lipinski definition) is 0. The van der Waals surface area contributed by atoms with Gasteiger partial charge in [0.25, 0.3) is 0 Å². The van der Waals surface area contributed by atoms with Crippen molar-refractivity contribution in [1.82, 2.24) is 9.97 Å². The van der Waals surface area contributed by atoms with Crippen LogP contribution in [-0.4, -0.2) is 9.97 Å². The number of fused-ring (bicyclic) bond motifs is 2. The van der Waals surface area contributed by atoms with Crippen LogP contribution in [0.3, 0.4) is 0 Å². The number of benzene rings is 1. The molecule has 0 atom stereocenters. The molecule has 0 spiro atoms. The second-order valence-corrected chi connectivity index (χ2v) is 6.97. The van der Waals surface area contributed by atoms with Crippen molar-refractivity contribution in [3.8, 4) is 0 Å². The van der Waals surface area contributed by atoms with Gasteiger partial charge in [-0.1, -0.05) is 30.3 Å². The minimum atomic E-state index is 1.01. The molecule has 4 rings (SSSR count). The molecular weight excluding hydrogens is 306 g/mol. The molecule has 0 radical (unpaired) electrons. The Labute approximate surface area is 149 Å². The van der Waals surface area contributed by atoms with Gasteiger partial charge in [0.15, 0.2) is 0 Å². The van der Waals surface area contributed by atoms with Crippen LogP contribution in [0, 0.1) is 20.8 Å². The lowest BCUT2D eigenvalue weighted by atomic mass is 9.99. The van der Waals surface area contributed by atoms with Crippen molar-refractivity contribution in [2.75, 3.05) is 4.90 Å².